The van der Waals surface area contributed by atoms with Crippen molar-refractivity contribution in [3.63, 3.8) is 0 Å². The van der Waals surface area contributed by atoms with E-state index >= 15 is 0 Å². The molecule has 0 aliphatic carbocycles. The third-order valence-electron chi connectivity index (χ3n) is 2.30. The van der Waals surface area contributed by atoms with Crippen LogP contribution < -0.4 is 10.5 Å². The van der Waals surface area contributed by atoms with Crippen LogP contribution in [-0.2, 0) is 6.54 Å². The van der Waals surface area contributed by atoms with Gasteiger partial charge in [-0.1, -0.05) is 41.3 Å². The van der Waals surface area contributed by atoms with Gasteiger partial charge in [-0.25, -0.2) is 0 Å². The second kappa shape index (κ2) is 7.35. The molecule has 2 rings (SSSR count). The second-order valence-corrected chi connectivity index (χ2v) is 5.74. The molecule has 0 amide bonds. The number of hydrogen-bond acceptors (Lipinski definition) is 6. The molecule has 0 saturated heterocycles. The fraction of sp³-hybridized carbons (Fsp3) is 0.333. The van der Waals surface area contributed by atoms with Crippen LogP contribution in [0.3, 0.4) is 0 Å². The van der Waals surface area contributed by atoms with Gasteiger partial charge >= 0.3 is 0 Å². The summed E-state index contributed by atoms with van der Waals surface area (Å²) in [5.74, 6) is 1.88. The molecule has 2 N–H and O–H groups in total. The van der Waals surface area contributed by atoms with Crippen LogP contribution in [0.5, 0.6) is 5.75 Å². The molecule has 6 heteroatoms. The summed E-state index contributed by atoms with van der Waals surface area (Å²) < 4.78 is 6.73. The molecule has 2 aromatic rings. The monoisotopic (exact) mass is 281 g/mol. The third kappa shape index (κ3) is 3.97. The molecule has 0 aliphatic rings. The number of rotatable bonds is 7. The molecule has 0 atom stereocenters. The van der Waals surface area contributed by atoms with E-state index in [4.69, 9.17) is 10.5 Å². The van der Waals surface area contributed by atoms with Crippen LogP contribution in [0.25, 0.3) is 0 Å². The molecule has 0 aliphatic heterocycles. The fourth-order valence-corrected chi connectivity index (χ4v) is 2.91. The number of nitrogens with zero attached hydrogens (tertiary/aromatic N) is 2. The number of thioether (sulfide) groups is 1. The first-order valence-electron chi connectivity index (χ1n) is 5.70. The van der Waals surface area contributed by atoms with Gasteiger partial charge in [0.1, 0.15) is 11.3 Å². The van der Waals surface area contributed by atoms with Crippen LogP contribution in [-0.4, -0.2) is 22.6 Å². The average Bonchev–Trinajstić information content (AvgIpc) is 2.92. The number of aromatic nitrogens is 2. The SMILES string of the molecule is NCc1ccccc1OCCCSc1nncs1. The highest BCUT2D eigenvalue weighted by atomic mass is 32.2. The Morgan fingerprint density at radius 2 is 2.22 bits per heavy atom. The molecule has 0 saturated carbocycles. The molecule has 0 unspecified atom stereocenters. The van der Waals surface area contributed by atoms with Crippen molar-refractivity contribution in [1.29, 1.82) is 0 Å². The summed E-state index contributed by atoms with van der Waals surface area (Å²) in [6.45, 7) is 1.21. The van der Waals surface area contributed by atoms with Crippen LogP contribution in [0, 0.1) is 0 Å². The maximum absolute atomic E-state index is 5.72. The smallest absolute Gasteiger partial charge is 0.174 e. The Kier molecular flexibility index (Phi) is 5.44. The van der Waals surface area contributed by atoms with Gasteiger partial charge in [0.2, 0.25) is 0 Å². The minimum atomic E-state index is 0.510. The van der Waals surface area contributed by atoms with Gasteiger partial charge in [0, 0.05) is 17.9 Å². The Balaban J connectivity index is 1.69. The number of benzene rings is 1. The first-order valence-corrected chi connectivity index (χ1v) is 7.56. The van der Waals surface area contributed by atoms with Crippen LogP contribution in [0.2, 0.25) is 0 Å². The lowest BCUT2D eigenvalue weighted by Gasteiger charge is -2.09. The van der Waals surface area contributed by atoms with Gasteiger partial charge in [0.05, 0.1) is 6.61 Å². The molecule has 0 fully saturated rings. The summed E-state index contributed by atoms with van der Waals surface area (Å²) in [7, 11) is 0. The van der Waals surface area contributed by atoms with Gasteiger partial charge < -0.3 is 10.5 Å². The van der Waals surface area contributed by atoms with Crippen LogP contribution in [0.1, 0.15) is 12.0 Å². The number of hydrogen-bond donors (Lipinski definition) is 1. The molecule has 96 valence electrons. The summed E-state index contributed by atoms with van der Waals surface area (Å²) in [4.78, 5) is 0. The summed E-state index contributed by atoms with van der Waals surface area (Å²) in [5.41, 5.74) is 8.44. The average molecular weight is 281 g/mol. The summed E-state index contributed by atoms with van der Waals surface area (Å²) in [5, 5.41) is 7.77. The van der Waals surface area contributed by atoms with E-state index in [1.54, 1.807) is 28.6 Å². The van der Waals surface area contributed by atoms with E-state index in [1.165, 1.54) is 0 Å². The summed E-state index contributed by atoms with van der Waals surface area (Å²) in [6, 6.07) is 7.89. The van der Waals surface area contributed by atoms with Crippen molar-refractivity contribution in [1.82, 2.24) is 10.2 Å². The van der Waals surface area contributed by atoms with Crippen molar-refractivity contribution in [2.24, 2.45) is 5.73 Å². The Bertz CT molecular complexity index is 462. The lowest BCUT2D eigenvalue weighted by Crippen LogP contribution is -2.04. The molecular weight excluding hydrogens is 266 g/mol. The fourth-order valence-electron chi connectivity index (χ4n) is 1.44. The van der Waals surface area contributed by atoms with Gasteiger partial charge in [-0.05, 0) is 12.5 Å². The summed E-state index contributed by atoms with van der Waals surface area (Å²) >= 11 is 3.28. The van der Waals surface area contributed by atoms with Crippen LogP contribution in [0.4, 0.5) is 0 Å². The molecule has 18 heavy (non-hydrogen) atoms. The van der Waals surface area contributed by atoms with Gasteiger partial charge in [-0.2, -0.15) is 0 Å². The highest BCUT2D eigenvalue weighted by molar-refractivity contribution is 8.00. The van der Waals surface area contributed by atoms with E-state index < -0.39 is 0 Å². The Labute approximate surface area is 115 Å². The van der Waals surface area contributed by atoms with Gasteiger partial charge in [-0.15, -0.1) is 10.2 Å². The van der Waals surface area contributed by atoms with E-state index in [1.807, 2.05) is 24.3 Å². The Morgan fingerprint density at radius 1 is 1.33 bits per heavy atom. The third-order valence-corrected chi connectivity index (χ3v) is 4.25. The molecular formula is C12H15N3OS2. The zero-order valence-corrected chi connectivity index (χ0v) is 11.5. The van der Waals surface area contributed by atoms with Crippen molar-refractivity contribution in [2.45, 2.75) is 17.3 Å². The molecule has 0 spiro atoms. The minimum absolute atomic E-state index is 0.510. The normalized spacial score (nSPS) is 10.5. The zero-order chi connectivity index (χ0) is 12.6. The molecule has 0 bridgehead atoms. The first-order chi connectivity index (χ1) is 8.90. The van der Waals surface area contributed by atoms with Gasteiger partial charge in [0.25, 0.3) is 0 Å². The predicted octanol–water partition coefficient (Wildman–Crippen LogP) is 2.56. The van der Waals surface area contributed by atoms with E-state index in [-0.39, 0.29) is 0 Å². The van der Waals surface area contributed by atoms with Crippen molar-refractivity contribution < 1.29 is 4.74 Å². The van der Waals surface area contributed by atoms with Gasteiger partial charge in [-0.3, -0.25) is 0 Å². The standard InChI is InChI=1S/C12H15N3OS2/c13-8-10-4-1-2-5-11(10)16-6-3-7-17-12-15-14-9-18-12/h1-2,4-5,9H,3,6-8,13H2. The van der Waals surface area contributed by atoms with Crippen molar-refractivity contribution in [3.05, 3.63) is 35.3 Å². The zero-order valence-electron chi connectivity index (χ0n) is 9.91. The first kappa shape index (κ1) is 13.3. The lowest BCUT2D eigenvalue weighted by atomic mass is 10.2. The second-order valence-electron chi connectivity index (χ2n) is 3.57. The maximum Gasteiger partial charge on any atom is 0.174 e. The molecule has 1 aromatic carbocycles. The Hall–Kier alpha value is -1.11. The van der Waals surface area contributed by atoms with Crippen LogP contribution in [0.15, 0.2) is 34.1 Å². The topological polar surface area (TPSA) is 61.0 Å². The van der Waals surface area contributed by atoms with Crippen molar-refractivity contribution in [2.75, 3.05) is 12.4 Å². The number of ether oxygens (including phenoxy) is 1. The molecule has 1 aromatic heterocycles. The summed E-state index contributed by atoms with van der Waals surface area (Å²) in [6.07, 6.45) is 0.975. The number of para-hydroxylation sites is 1. The quantitative estimate of drug-likeness (QED) is 0.624. The van der Waals surface area contributed by atoms with E-state index in [0.717, 1.165) is 27.8 Å². The van der Waals surface area contributed by atoms with Gasteiger partial charge in [0.15, 0.2) is 4.34 Å². The van der Waals surface area contributed by atoms with E-state index in [9.17, 15) is 0 Å². The highest BCUT2D eigenvalue weighted by Crippen LogP contribution is 2.20. The highest BCUT2D eigenvalue weighted by Gasteiger charge is 2.01. The van der Waals surface area contributed by atoms with Crippen molar-refractivity contribution in [3.8, 4) is 5.75 Å². The minimum Gasteiger partial charge on any atom is -0.493 e. The molecule has 4 nitrogen and oxygen atoms in total. The predicted molar refractivity (Wildman–Crippen MR) is 75.1 cm³/mol. The number of nitrogens with two attached hydrogens (primary N) is 1. The Morgan fingerprint density at radius 3 is 3.00 bits per heavy atom. The largest absolute Gasteiger partial charge is 0.493 e. The van der Waals surface area contributed by atoms with E-state index in [2.05, 4.69) is 10.2 Å². The molecule has 1 heterocycles. The lowest BCUT2D eigenvalue weighted by molar-refractivity contribution is 0.315. The molecule has 0 radical (unpaired) electrons. The van der Waals surface area contributed by atoms with E-state index in [0.29, 0.717) is 13.2 Å². The maximum atomic E-state index is 5.72. The van der Waals surface area contributed by atoms with Crippen LogP contribution >= 0.6 is 23.1 Å². The van der Waals surface area contributed by atoms with Crippen molar-refractivity contribution >= 4 is 23.1 Å².